The Hall–Kier alpha value is -2.34. The first-order valence-electron chi connectivity index (χ1n) is 7.76. The van der Waals surface area contributed by atoms with Gasteiger partial charge < -0.3 is 15.0 Å². The first-order valence-corrected chi connectivity index (χ1v) is 8.64. The van der Waals surface area contributed by atoms with Gasteiger partial charge in [0.25, 0.3) is 5.91 Å². The van der Waals surface area contributed by atoms with E-state index in [1.165, 1.54) is 16.9 Å². The van der Waals surface area contributed by atoms with Crippen molar-refractivity contribution >= 4 is 23.2 Å². The molecule has 0 saturated carbocycles. The van der Waals surface area contributed by atoms with E-state index < -0.39 is 6.04 Å². The number of amides is 2. The lowest BCUT2D eigenvalue weighted by Crippen LogP contribution is -2.46. The quantitative estimate of drug-likeness (QED) is 0.839. The molecule has 0 aliphatic heterocycles. The van der Waals surface area contributed by atoms with Gasteiger partial charge in [0.2, 0.25) is 5.91 Å². The fourth-order valence-corrected chi connectivity index (χ4v) is 2.74. The van der Waals surface area contributed by atoms with Gasteiger partial charge in [-0.3, -0.25) is 9.59 Å². The first kappa shape index (κ1) is 18.0. The molecule has 6 heteroatoms. The van der Waals surface area contributed by atoms with Gasteiger partial charge in [-0.25, -0.2) is 0 Å². The maximum atomic E-state index is 12.3. The highest BCUT2D eigenvalue weighted by Gasteiger charge is 2.20. The van der Waals surface area contributed by atoms with Crippen LogP contribution >= 0.6 is 11.3 Å². The first-order chi connectivity index (χ1) is 11.5. The van der Waals surface area contributed by atoms with E-state index in [0.29, 0.717) is 18.0 Å². The van der Waals surface area contributed by atoms with Crippen molar-refractivity contribution in [3.05, 3.63) is 52.2 Å². The minimum absolute atomic E-state index is 0.146. The van der Waals surface area contributed by atoms with Gasteiger partial charge in [-0.05, 0) is 37.4 Å². The summed E-state index contributed by atoms with van der Waals surface area (Å²) in [5, 5.41) is 4.55. The summed E-state index contributed by atoms with van der Waals surface area (Å²) in [6, 6.07) is 10.7. The van der Waals surface area contributed by atoms with Gasteiger partial charge in [-0.2, -0.15) is 0 Å². The highest BCUT2D eigenvalue weighted by molar-refractivity contribution is 7.12. The smallest absolute Gasteiger partial charge is 0.261 e. The Balaban J connectivity index is 1.76. The number of hydrogen-bond donors (Lipinski definition) is 1. The van der Waals surface area contributed by atoms with Crippen molar-refractivity contribution in [2.24, 2.45) is 0 Å². The molecule has 0 spiro atoms. The average molecular weight is 346 g/mol. The third kappa shape index (κ3) is 5.09. The molecule has 128 valence electrons. The zero-order valence-electron chi connectivity index (χ0n) is 14.1. The number of ether oxygens (including phenoxy) is 1. The van der Waals surface area contributed by atoms with Crippen molar-refractivity contribution in [3.63, 3.8) is 0 Å². The summed E-state index contributed by atoms with van der Waals surface area (Å²) in [6.07, 6.45) is 0. The minimum Gasteiger partial charge on any atom is -0.492 e. The van der Waals surface area contributed by atoms with Gasteiger partial charge in [0.1, 0.15) is 18.4 Å². The maximum Gasteiger partial charge on any atom is 0.261 e. The summed E-state index contributed by atoms with van der Waals surface area (Å²) in [7, 11) is 1.70. The van der Waals surface area contributed by atoms with Crippen molar-refractivity contribution in [2.45, 2.75) is 19.9 Å². The average Bonchev–Trinajstić information content (AvgIpc) is 3.10. The molecule has 0 aliphatic carbocycles. The number of carbonyl (C=O) groups is 2. The summed E-state index contributed by atoms with van der Waals surface area (Å²) >= 11 is 1.35. The lowest BCUT2D eigenvalue weighted by molar-refractivity contribution is -0.131. The van der Waals surface area contributed by atoms with E-state index in [-0.39, 0.29) is 11.8 Å². The topological polar surface area (TPSA) is 58.6 Å². The summed E-state index contributed by atoms with van der Waals surface area (Å²) in [5.74, 6) is 0.406. The zero-order valence-corrected chi connectivity index (χ0v) is 14.9. The van der Waals surface area contributed by atoms with Crippen LogP contribution in [-0.4, -0.2) is 43.0 Å². The van der Waals surface area contributed by atoms with E-state index in [2.05, 4.69) is 5.32 Å². The molecule has 0 unspecified atom stereocenters. The van der Waals surface area contributed by atoms with Crippen molar-refractivity contribution in [3.8, 4) is 5.75 Å². The summed E-state index contributed by atoms with van der Waals surface area (Å²) in [4.78, 5) is 26.4. The number of hydrogen-bond acceptors (Lipinski definition) is 4. The van der Waals surface area contributed by atoms with Crippen LogP contribution < -0.4 is 10.1 Å². The van der Waals surface area contributed by atoms with Crippen LogP contribution in [0.4, 0.5) is 0 Å². The van der Waals surface area contributed by atoms with Crippen molar-refractivity contribution in [1.29, 1.82) is 0 Å². The highest BCUT2D eigenvalue weighted by Crippen LogP contribution is 2.11. The fraction of sp³-hybridized carbons (Fsp3) is 0.333. The number of nitrogens with zero attached hydrogens (tertiary/aromatic N) is 1. The number of aryl methyl sites for hydroxylation is 1. The lowest BCUT2D eigenvalue weighted by atomic mass is 10.2. The van der Waals surface area contributed by atoms with Crippen molar-refractivity contribution in [1.82, 2.24) is 10.2 Å². The van der Waals surface area contributed by atoms with Gasteiger partial charge in [-0.15, -0.1) is 11.3 Å². The predicted octanol–water partition coefficient (Wildman–Crippen LogP) is 2.71. The van der Waals surface area contributed by atoms with Crippen LogP contribution in [0.5, 0.6) is 5.75 Å². The third-order valence-electron chi connectivity index (χ3n) is 3.56. The monoisotopic (exact) mass is 346 g/mol. The number of thiophene rings is 1. The van der Waals surface area contributed by atoms with Crippen LogP contribution in [-0.2, 0) is 4.79 Å². The van der Waals surface area contributed by atoms with E-state index in [4.69, 9.17) is 4.74 Å². The van der Waals surface area contributed by atoms with Crippen LogP contribution in [0.2, 0.25) is 0 Å². The van der Waals surface area contributed by atoms with E-state index in [1.807, 2.05) is 36.6 Å². The zero-order chi connectivity index (χ0) is 17.5. The molecule has 0 radical (unpaired) electrons. The van der Waals surface area contributed by atoms with E-state index >= 15 is 0 Å². The normalized spacial score (nSPS) is 11.6. The van der Waals surface area contributed by atoms with Crippen LogP contribution in [0.1, 0.15) is 22.2 Å². The minimum atomic E-state index is -0.580. The fourth-order valence-electron chi connectivity index (χ4n) is 2.11. The summed E-state index contributed by atoms with van der Waals surface area (Å²) < 4.78 is 5.62. The SMILES string of the molecule is Cc1ccc(OCCN(C)C(=O)[C@@H](C)NC(=O)c2cccs2)cc1. The van der Waals surface area contributed by atoms with Crippen molar-refractivity contribution in [2.75, 3.05) is 20.2 Å². The Labute approximate surface area is 146 Å². The number of benzene rings is 1. The number of likely N-dealkylation sites (N-methyl/N-ethyl adjacent to an activating group) is 1. The summed E-state index contributed by atoms with van der Waals surface area (Å²) in [5.41, 5.74) is 1.17. The molecule has 1 N–H and O–H groups in total. The molecule has 1 aromatic heterocycles. The Kier molecular flexibility index (Phi) is 6.37. The maximum absolute atomic E-state index is 12.3. The van der Waals surface area contributed by atoms with E-state index in [9.17, 15) is 9.59 Å². The van der Waals surface area contributed by atoms with Crippen LogP contribution in [0, 0.1) is 6.92 Å². The van der Waals surface area contributed by atoms with E-state index in [1.54, 1.807) is 31.0 Å². The van der Waals surface area contributed by atoms with Crippen LogP contribution in [0.25, 0.3) is 0 Å². The standard InChI is InChI=1S/C18H22N2O3S/c1-13-6-8-15(9-7-13)23-11-10-20(3)18(22)14(2)19-17(21)16-5-4-12-24-16/h4-9,12,14H,10-11H2,1-3H3,(H,19,21)/t14-/m1/s1. The van der Waals surface area contributed by atoms with Gasteiger partial charge in [0, 0.05) is 7.05 Å². The van der Waals surface area contributed by atoms with Gasteiger partial charge in [0.05, 0.1) is 11.4 Å². The molecule has 2 aromatic rings. The third-order valence-corrected chi connectivity index (χ3v) is 4.42. The van der Waals surface area contributed by atoms with Gasteiger partial charge in [-0.1, -0.05) is 23.8 Å². The second kappa shape index (κ2) is 8.49. The Bertz CT molecular complexity index is 668. The molecule has 2 rings (SSSR count). The van der Waals surface area contributed by atoms with Crippen molar-refractivity contribution < 1.29 is 14.3 Å². The number of carbonyl (C=O) groups excluding carboxylic acids is 2. The predicted molar refractivity (Wildman–Crippen MR) is 95.6 cm³/mol. The molecule has 1 heterocycles. The van der Waals surface area contributed by atoms with Crippen LogP contribution in [0.3, 0.4) is 0 Å². The summed E-state index contributed by atoms with van der Waals surface area (Å²) in [6.45, 7) is 4.55. The Morgan fingerprint density at radius 2 is 1.96 bits per heavy atom. The molecular formula is C18H22N2O3S. The number of rotatable bonds is 7. The molecule has 0 saturated heterocycles. The molecule has 2 amide bonds. The van der Waals surface area contributed by atoms with Gasteiger partial charge in [0.15, 0.2) is 0 Å². The largest absolute Gasteiger partial charge is 0.492 e. The molecule has 5 nitrogen and oxygen atoms in total. The molecular weight excluding hydrogens is 324 g/mol. The highest BCUT2D eigenvalue weighted by atomic mass is 32.1. The second-order valence-corrected chi connectivity index (χ2v) is 6.54. The second-order valence-electron chi connectivity index (χ2n) is 5.59. The molecule has 24 heavy (non-hydrogen) atoms. The molecule has 1 aromatic carbocycles. The molecule has 1 atom stereocenters. The Morgan fingerprint density at radius 1 is 1.25 bits per heavy atom. The molecule has 0 fully saturated rings. The van der Waals surface area contributed by atoms with Gasteiger partial charge >= 0.3 is 0 Å². The van der Waals surface area contributed by atoms with Crippen LogP contribution in [0.15, 0.2) is 41.8 Å². The number of nitrogens with one attached hydrogen (secondary N) is 1. The molecule has 0 aliphatic rings. The molecule has 0 bridgehead atoms. The lowest BCUT2D eigenvalue weighted by Gasteiger charge is -2.22. The van der Waals surface area contributed by atoms with E-state index in [0.717, 1.165) is 5.75 Å². The Morgan fingerprint density at radius 3 is 2.58 bits per heavy atom.